The summed E-state index contributed by atoms with van der Waals surface area (Å²) in [5.41, 5.74) is 1.14. The molecule has 1 aliphatic rings. The molecule has 108 valence electrons. The van der Waals surface area contributed by atoms with Gasteiger partial charge in [-0.2, -0.15) is 5.26 Å². The Morgan fingerprint density at radius 1 is 1.50 bits per heavy atom. The summed E-state index contributed by atoms with van der Waals surface area (Å²) in [6.45, 7) is 7.17. The first kappa shape index (κ1) is 15.0. The van der Waals surface area contributed by atoms with E-state index in [9.17, 15) is 4.39 Å². The van der Waals surface area contributed by atoms with E-state index in [1.165, 1.54) is 18.9 Å². The van der Waals surface area contributed by atoms with Gasteiger partial charge in [0.1, 0.15) is 11.9 Å². The van der Waals surface area contributed by atoms with E-state index in [4.69, 9.17) is 5.26 Å². The van der Waals surface area contributed by atoms with Gasteiger partial charge in [-0.1, -0.05) is 13.0 Å². The molecule has 0 bridgehead atoms. The fourth-order valence-corrected chi connectivity index (χ4v) is 2.77. The quantitative estimate of drug-likeness (QED) is 0.897. The van der Waals surface area contributed by atoms with Gasteiger partial charge in [0.2, 0.25) is 0 Å². The van der Waals surface area contributed by atoms with E-state index in [0.717, 1.165) is 38.3 Å². The molecule has 0 aliphatic carbocycles. The molecule has 0 amide bonds. The van der Waals surface area contributed by atoms with Crippen LogP contribution < -0.4 is 5.32 Å². The fourth-order valence-electron chi connectivity index (χ4n) is 2.77. The van der Waals surface area contributed by atoms with Crippen LogP contribution >= 0.6 is 0 Å². The number of nitrogens with zero attached hydrogens (tertiary/aromatic N) is 2. The van der Waals surface area contributed by atoms with Crippen LogP contribution in [-0.2, 0) is 6.54 Å². The maximum Gasteiger partial charge on any atom is 0.140 e. The standard InChI is InChI=1S/C16H22FN3/c1-2-20(12-14-4-3-7-19-10-14)11-13-5-6-16(17)15(8-13)9-18/h5-6,8,14,19H,2-4,7,10-12H2,1H3. The van der Waals surface area contributed by atoms with Crippen LogP contribution in [0.25, 0.3) is 0 Å². The predicted octanol–water partition coefficient (Wildman–Crippen LogP) is 2.52. The molecular weight excluding hydrogens is 253 g/mol. The van der Waals surface area contributed by atoms with E-state index in [0.29, 0.717) is 5.92 Å². The van der Waals surface area contributed by atoms with Gasteiger partial charge < -0.3 is 5.32 Å². The van der Waals surface area contributed by atoms with Gasteiger partial charge in [-0.3, -0.25) is 4.90 Å². The Bertz CT molecular complexity index is 475. The smallest absolute Gasteiger partial charge is 0.140 e. The molecule has 0 radical (unpaired) electrons. The molecule has 0 spiro atoms. The molecular formula is C16H22FN3. The van der Waals surface area contributed by atoms with Gasteiger partial charge >= 0.3 is 0 Å². The number of nitriles is 1. The Labute approximate surface area is 120 Å². The number of piperidine rings is 1. The van der Waals surface area contributed by atoms with Gasteiger partial charge in [-0.15, -0.1) is 0 Å². The molecule has 1 aromatic carbocycles. The van der Waals surface area contributed by atoms with Gasteiger partial charge in [-0.25, -0.2) is 4.39 Å². The molecule has 20 heavy (non-hydrogen) atoms. The first-order valence-corrected chi connectivity index (χ1v) is 7.34. The highest BCUT2D eigenvalue weighted by Crippen LogP contribution is 2.15. The molecule has 1 aliphatic heterocycles. The van der Waals surface area contributed by atoms with E-state index in [1.54, 1.807) is 12.1 Å². The van der Waals surface area contributed by atoms with Crippen LogP contribution in [0.5, 0.6) is 0 Å². The zero-order valence-electron chi connectivity index (χ0n) is 12.0. The second kappa shape index (κ2) is 7.37. The van der Waals surface area contributed by atoms with Gasteiger partial charge in [0, 0.05) is 13.1 Å². The highest BCUT2D eigenvalue weighted by Gasteiger charge is 2.16. The first-order valence-electron chi connectivity index (χ1n) is 7.34. The third-order valence-corrected chi connectivity index (χ3v) is 3.92. The topological polar surface area (TPSA) is 39.1 Å². The Balaban J connectivity index is 1.97. The summed E-state index contributed by atoms with van der Waals surface area (Å²) in [6, 6.07) is 6.74. The first-order chi connectivity index (χ1) is 9.72. The van der Waals surface area contributed by atoms with Crippen LogP contribution in [-0.4, -0.2) is 31.1 Å². The molecule has 1 heterocycles. The van der Waals surface area contributed by atoms with Crippen molar-refractivity contribution in [1.29, 1.82) is 5.26 Å². The van der Waals surface area contributed by atoms with Crippen molar-refractivity contribution in [3.8, 4) is 6.07 Å². The molecule has 1 fully saturated rings. The van der Waals surface area contributed by atoms with Gasteiger partial charge in [0.25, 0.3) is 0 Å². The minimum absolute atomic E-state index is 0.137. The molecule has 1 atom stereocenters. The second-order valence-electron chi connectivity index (χ2n) is 5.47. The van der Waals surface area contributed by atoms with Crippen molar-refractivity contribution >= 4 is 0 Å². The van der Waals surface area contributed by atoms with E-state index in [1.807, 2.05) is 6.07 Å². The maximum atomic E-state index is 13.3. The number of hydrogen-bond acceptors (Lipinski definition) is 3. The average Bonchev–Trinajstić information content (AvgIpc) is 2.49. The van der Waals surface area contributed by atoms with Gasteiger partial charge in [0.15, 0.2) is 0 Å². The normalized spacial score (nSPS) is 19.0. The Morgan fingerprint density at radius 3 is 3.00 bits per heavy atom. The Morgan fingerprint density at radius 2 is 2.35 bits per heavy atom. The average molecular weight is 275 g/mol. The van der Waals surface area contributed by atoms with Crippen LogP contribution in [0.15, 0.2) is 18.2 Å². The minimum atomic E-state index is -0.434. The third-order valence-electron chi connectivity index (χ3n) is 3.92. The lowest BCUT2D eigenvalue weighted by molar-refractivity contribution is 0.209. The maximum absolute atomic E-state index is 13.3. The summed E-state index contributed by atoms with van der Waals surface area (Å²) < 4.78 is 13.3. The van der Waals surface area contributed by atoms with E-state index in [2.05, 4.69) is 17.1 Å². The summed E-state index contributed by atoms with van der Waals surface area (Å²) in [4.78, 5) is 2.37. The summed E-state index contributed by atoms with van der Waals surface area (Å²) >= 11 is 0. The number of nitrogens with one attached hydrogen (secondary N) is 1. The van der Waals surface area contributed by atoms with Crippen molar-refractivity contribution in [2.24, 2.45) is 5.92 Å². The van der Waals surface area contributed by atoms with Crippen molar-refractivity contribution in [3.05, 3.63) is 35.1 Å². The van der Waals surface area contributed by atoms with E-state index < -0.39 is 5.82 Å². The Kier molecular flexibility index (Phi) is 5.51. The minimum Gasteiger partial charge on any atom is -0.316 e. The highest BCUT2D eigenvalue weighted by molar-refractivity contribution is 5.34. The molecule has 1 N–H and O–H groups in total. The highest BCUT2D eigenvalue weighted by atomic mass is 19.1. The lowest BCUT2D eigenvalue weighted by Gasteiger charge is -2.29. The fraction of sp³-hybridized carbons (Fsp3) is 0.562. The summed E-state index contributed by atoms with van der Waals surface area (Å²) in [7, 11) is 0. The molecule has 0 aromatic heterocycles. The second-order valence-corrected chi connectivity index (χ2v) is 5.47. The molecule has 1 unspecified atom stereocenters. The predicted molar refractivity (Wildman–Crippen MR) is 77.7 cm³/mol. The molecule has 0 saturated carbocycles. The SMILES string of the molecule is CCN(Cc1ccc(F)c(C#N)c1)CC1CCCNC1. The van der Waals surface area contributed by atoms with Crippen LogP contribution in [0.1, 0.15) is 30.9 Å². The number of benzene rings is 1. The van der Waals surface area contributed by atoms with Crippen LogP contribution in [0.2, 0.25) is 0 Å². The van der Waals surface area contributed by atoms with Crippen molar-refractivity contribution in [1.82, 2.24) is 10.2 Å². The molecule has 1 saturated heterocycles. The number of hydrogen-bond donors (Lipinski definition) is 1. The summed E-state index contributed by atoms with van der Waals surface area (Å²) in [5.74, 6) is 0.260. The lowest BCUT2D eigenvalue weighted by Crippen LogP contribution is -2.38. The monoisotopic (exact) mass is 275 g/mol. The van der Waals surface area contributed by atoms with Crippen LogP contribution in [0.3, 0.4) is 0 Å². The van der Waals surface area contributed by atoms with Crippen molar-refractivity contribution in [2.45, 2.75) is 26.3 Å². The van der Waals surface area contributed by atoms with Crippen LogP contribution in [0, 0.1) is 23.1 Å². The van der Waals surface area contributed by atoms with Crippen LogP contribution in [0.4, 0.5) is 4.39 Å². The summed E-state index contributed by atoms with van der Waals surface area (Å²) in [5, 5.41) is 12.3. The van der Waals surface area contributed by atoms with Crippen molar-refractivity contribution < 1.29 is 4.39 Å². The van der Waals surface area contributed by atoms with Gasteiger partial charge in [0.05, 0.1) is 5.56 Å². The molecule has 4 heteroatoms. The lowest BCUT2D eigenvalue weighted by atomic mass is 9.99. The van der Waals surface area contributed by atoms with Crippen molar-refractivity contribution in [2.75, 3.05) is 26.2 Å². The zero-order valence-corrected chi connectivity index (χ0v) is 12.0. The Hall–Kier alpha value is -1.44. The largest absolute Gasteiger partial charge is 0.316 e. The third kappa shape index (κ3) is 4.03. The van der Waals surface area contributed by atoms with E-state index in [-0.39, 0.29) is 5.56 Å². The number of halogens is 1. The van der Waals surface area contributed by atoms with Gasteiger partial charge in [-0.05, 0) is 56.1 Å². The number of rotatable bonds is 5. The summed E-state index contributed by atoms with van der Waals surface area (Å²) in [6.07, 6.45) is 2.52. The van der Waals surface area contributed by atoms with E-state index >= 15 is 0 Å². The molecule has 2 rings (SSSR count). The van der Waals surface area contributed by atoms with Crippen molar-refractivity contribution in [3.63, 3.8) is 0 Å². The molecule has 3 nitrogen and oxygen atoms in total. The zero-order chi connectivity index (χ0) is 14.4. The molecule has 1 aromatic rings.